The Hall–Kier alpha value is -1.07. The maximum Gasteiger partial charge on any atom is 0.220 e. The van der Waals surface area contributed by atoms with Gasteiger partial charge in [-0.3, -0.25) is 4.79 Å². The molecule has 1 aromatic rings. The molecule has 0 aliphatic heterocycles. The third kappa shape index (κ3) is 6.61. The first-order valence-corrected chi connectivity index (χ1v) is 6.70. The molecule has 0 unspecified atom stereocenters. The van der Waals surface area contributed by atoms with Gasteiger partial charge in [-0.05, 0) is 37.6 Å². The summed E-state index contributed by atoms with van der Waals surface area (Å²) < 4.78 is 6.49. The summed E-state index contributed by atoms with van der Waals surface area (Å²) in [6.07, 6.45) is 0.554. The number of hydrogen-bond donors (Lipinski definition) is 2. The Kier molecular flexibility index (Phi) is 6.75. The van der Waals surface area contributed by atoms with Gasteiger partial charge in [0.25, 0.3) is 0 Å². The number of aliphatic hydroxyl groups excluding tert-OH is 1. The minimum Gasteiger partial charge on any atom is -0.494 e. The van der Waals surface area contributed by atoms with E-state index in [1.165, 1.54) is 0 Å². The Labute approximate surface area is 115 Å². The van der Waals surface area contributed by atoms with Crippen LogP contribution in [0.15, 0.2) is 28.7 Å². The summed E-state index contributed by atoms with van der Waals surface area (Å²) in [5.41, 5.74) is 0. The fourth-order valence-electron chi connectivity index (χ4n) is 1.30. The van der Waals surface area contributed by atoms with E-state index >= 15 is 0 Å². The van der Waals surface area contributed by atoms with Crippen molar-refractivity contribution in [3.8, 4) is 5.75 Å². The maximum absolute atomic E-state index is 11.3. The molecule has 0 aromatic heterocycles. The van der Waals surface area contributed by atoms with Crippen molar-refractivity contribution in [2.75, 3.05) is 13.2 Å². The van der Waals surface area contributed by atoms with Crippen molar-refractivity contribution in [3.63, 3.8) is 0 Å². The smallest absolute Gasteiger partial charge is 0.220 e. The Morgan fingerprint density at radius 3 is 2.72 bits per heavy atom. The van der Waals surface area contributed by atoms with Crippen LogP contribution in [-0.4, -0.2) is 30.3 Å². The number of rotatable bonds is 7. The number of carbonyl (C=O) groups is 1. The van der Waals surface area contributed by atoms with E-state index in [2.05, 4.69) is 21.2 Å². The maximum atomic E-state index is 11.3. The second kappa shape index (κ2) is 8.11. The topological polar surface area (TPSA) is 58.6 Å². The minimum absolute atomic E-state index is 0.0599. The summed E-state index contributed by atoms with van der Waals surface area (Å²) in [4.78, 5) is 11.3. The molecule has 0 saturated heterocycles. The first-order chi connectivity index (χ1) is 8.58. The van der Waals surface area contributed by atoms with Gasteiger partial charge in [-0.1, -0.05) is 15.9 Å². The van der Waals surface area contributed by atoms with E-state index in [0.717, 1.165) is 10.2 Å². The van der Waals surface area contributed by atoms with E-state index in [1.54, 1.807) is 6.92 Å². The molecule has 100 valence electrons. The highest BCUT2D eigenvalue weighted by Gasteiger charge is 2.03. The second-order valence-corrected chi connectivity index (χ2v) is 4.97. The van der Waals surface area contributed by atoms with Crippen molar-refractivity contribution in [1.29, 1.82) is 0 Å². The average Bonchev–Trinajstić information content (AvgIpc) is 2.34. The molecule has 0 aliphatic rings. The molecule has 4 nitrogen and oxygen atoms in total. The first-order valence-electron chi connectivity index (χ1n) is 5.91. The lowest BCUT2D eigenvalue weighted by Gasteiger charge is -2.08. The van der Waals surface area contributed by atoms with Crippen molar-refractivity contribution < 1.29 is 14.6 Å². The summed E-state index contributed by atoms with van der Waals surface area (Å²) >= 11 is 3.35. The summed E-state index contributed by atoms with van der Waals surface area (Å²) in [6, 6.07) is 7.56. The number of ether oxygens (including phenoxy) is 1. The zero-order valence-electron chi connectivity index (χ0n) is 10.4. The SMILES string of the molecule is C[C@@H](O)CNC(=O)CCCOc1ccc(Br)cc1. The fourth-order valence-corrected chi connectivity index (χ4v) is 1.57. The van der Waals surface area contributed by atoms with Gasteiger partial charge in [0.1, 0.15) is 5.75 Å². The van der Waals surface area contributed by atoms with Gasteiger partial charge in [0, 0.05) is 17.4 Å². The van der Waals surface area contributed by atoms with E-state index in [0.29, 0.717) is 26.0 Å². The van der Waals surface area contributed by atoms with Crippen molar-refractivity contribution >= 4 is 21.8 Å². The lowest BCUT2D eigenvalue weighted by Crippen LogP contribution is -2.30. The average molecular weight is 316 g/mol. The molecule has 0 radical (unpaired) electrons. The van der Waals surface area contributed by atoms with Gasteiger partial charge in [-0.25, -0.2) is 0 Å². The van der Waals surface area contributed by atoms with Gasteiger partial charge >= 0.3 is 0 Å². The summed E-state index contributed by atoms with van der Waals surface area (Å²) in [6.45, 7) is 2.44. The zero-order valence-corrected chi connectivity index (χ0v) is 11.9. The molecule has 2 N–H and O–H groups in total. The number of carbonyl (C=O) groups excluding carboxylic acids is 1. The molecule has 1 aromatic carbocycles. The molecule has 18 heavy (non-hydrogen) atoms. The molecule has 1 atom stereocenters. The highest BCUT2D eigenvalue weighted by Crippen LogP contribution is 2.16. The lowest BCUT2D eigenvalue weighted by atomic mass is 10.3. The van der Waals surface area contributed by atoms with Gasteiger partial charge < -0.3 is 15.2 Å². The van der Waals surface area contributed by atoms with Gasteiger partial charge in [-0.15, -0.1) is 0 Å². The molecule has 0 spiro atoms. The Bertz CT molecular complexity index is 365. The van der Waals surface area contributed by atoms with E-state index < -0.39 is 6.10 Å². The highest BCUT2D eigenvalue weighted by molar-refractivity contribution is 9.10. The molecule has 0 saturated carbocycles. The van der Waals surface area contributed by atoms with E-state index in [4.69, 9.17) is 9.84 Å². The molecular weight excluding hydrogens is 298 g/mol. The van der Waals surface area contributed by atoms with Crippen LogP contribution in [0.4, 0.5) is 0 Å². The predicted molar refractivity (Wildman–Crippen MR) is 73.6 cm³/mol. The second-order valence-electron chi connectivity index (χ2n) is 4.06. The Balaban J connectivity index is 2.11. The van der Waals surface area contributed by atoms with Gasteiger partial charge in [-0.2, -0.15) is 0 Å². The zero-order chi connectivity index (χ0) is 13.4. The van der Waals surface area contributed by atoms with Crippen molar-refractivity contribution in [3.05, 3.63) is 28.7 Å². The third-order valence-electron chi connectivity index (χ3n) is 2.23. The largest absolute Gasteiger partial charge is 0.494 e. The van der Waals surface area contributed by atoms with Crippen LogP contribution in [0.5, 0.6) is 5.75 Å². The van der Waals surface area contributed by atoms with Crippen LogP contribution < -0.4 is 10.1 Å². The van der Waals surface area contributed by atoms with Crippen molar-refractivity contribution in [2.45, 2.75) is 25.9 Å². The van der Waals surface area contributed by atoms with Crippen LogP contribution in [0.3, 0.4) is 0 Å². The molecule has 0 bridgehead atoms. The summed E-state index contributed by atoms with van der Waals surface area (Å²) in [7, 11) is 0. The number of hydrogen-bond acceptors (Lipinski definition) is 3. The minimum atomic E-state index is -0.507. The van der Waals surface area contributed by atoms with Crippen LogP contribution in [0.2, 0.25) is 0 Å². The summed E-state index contributed by atoms with van der Waals surface area (Å²) in [5, 5.41) is 11.6. The van der Waals surface area contributed by atoms with Gasteiger partial charge in [0.05, 0.1) is 12.7 Å². The normalized spacial score (nSPS) is 11.9. The molecule has 1 rings (SSSR count). The number of amides is 1. The van der Waals surface area contributed by atoms with Crippen molar-refractivity contribution in [2.24, 2.45) is 0 Å². The van der Waals surface area contributed by atoms with E-state index in [-0.39, 0.29) is 5.91 Å². The van der Waals surface area contributed by atoms with E-state index in [1.807, 2.05) is 24.3 Å². The molecule has 0 fully saturated rings. The quantitative estimate of drug-likeness (QED) is 0.758. The van der Waals surface area contributed by atoms with Crippen molar-refractivity contribution in [1.82, 2.24) is 5.32 Å². The Morgan fingerprint density at radius 2 is 2.11 bits per heavy atom. The van der Waals surface area contributed by atoms with Crippen LogP contribution >= 0.6 is 15.9 Å². The molecule has 0 heterocycles. The predicted octanol–water partition coefficient (Wildman–Crippen LogP) is 2.11. The summed E-state index contributed by atoms with van der Waals surface area (Å²) in [5.74, 6) is 0.734. The van der Waals surface area contributed by atoms with Gasteiger partial charge in [0.15, 0.2) is 0 Å². The standard InChI is InChI=1S/C13H18BrNO3/c1-10(16)9-15-13(17)3-2-8-18-12-6-4-11(14)5-7-12/h4-7,10,16H,2-3,8-9H2,1H3,(H,15,17)/t10-/m1/s1. The van der Waals surface area contributed by atoms with Crippen LogP contribution in [0.25, 0.3) is 0 Å². The number of benzene rings is 1. The molecular formula is C13H18BrNO3. The molecule has 0 aliphatic carbocycles. The van der Waals surface area contributed by atoms with E-state index in [9.17, 15) is 4.79 Å². The number of halogens is 1. The van der Waals surface area contributed by atoms with Gasteiger partial charge in [0.2, 0.25) is 5.91 Å². The highest BCUT2D eigenvalue weighted by atomic mass is 79.9. The third-order valence-corrected chi connectivity index (χ3v) is 2.75. The molecule has 1 amide bonds. The van der Waals surface area contributed by atoms with Crippen LogP contribution in [-0.2, 0) is 4.79 Å². The lowest BCUT2D eigenvalue weighted by molar-refractivity contribution is -0.121. The number of aliphatic hydroxyl groups is 1. The first kappa shape index (κ1) is 15.0. The number of nitrogens with one attached hydrogen (secondary N) is 1. The van der Waals surface area contributed by atoms with Crippen LogP contribution in [0, 0.1) is 0 Å². The monoisotopic (exact) mass is 315 g/mol. The molecule has 5 heteroatoms. The Morgan fingerprint density at radius 1 is 1.44 bits per heavy atom. The fraction of sp³-hybridized carbons (Fsp3) is 0.462. The van der Waals surface area contributed by atoms with Crippen LogP contribution in [0.1, 0.15) is 19.8 Å².